The molecular formula is C6H13ClO2Si. The highest BCUT2D eigenvalue weighted by atomic mass is 35.5. The van der Waals surface area contributed by atoms with Crippen LogP contribution in [0.4, 0.5) is 0 Å². The van der Waals surface area contributed by atoms with Gasteiger partial charge in [0.15, 0.2) is 0 Å². The first-order valence-electron chi connectivity index (χ1n) is 3.23. The standard InChI is InChI=1S/C6H13ClO2Si/c1-10(2,3)9-6(8)4-5-7/h4-5H2,1-3H3. The van der Waals surface area contributed by atoms with Crippen molar-refractivity contribution in [2.24, 2.45) is 0 Å². The van der Waals surface area contributed by atoms with Crippen molar-refractivity contribution in [2.45, 2.75) is 26.1 Å². The SMILES string of the molecule is C[Si](C)(C)OC(=O)CCCl. The van der Waals surface area contributed by atoms with Crippen molar-refractivity contribution in [2.75, 3.05) is 5.88 Å². The summed E-state index contributed by atoms with van der Waals surface area (Å²) in [6.45, 7) is 5.91. The predicted molar refractivity (Wildman–Crippen MR) is 44.8 cm³/mol. The maximum atomic E-state index is 10.8. The van der Waals surface area contributed by atoms with E-state index in [0.29, 0.717) is 12.3 Å². The van der Waals surface area contributed by atoms with E-state index in [0.717, 1.165) is 0 Å². The van der Waals surface area contributed by atoms with Gasteiger partial charge in [-0.3, -0.25) is 4.79 Å². The molecule has 2 nitrogen and oxygen atoms in total. The van der Waals surface area contributed by atoms with Gasteiger partial charge in [-0.05, 0) is 19.6 Å². The first-order valence-corrected chi connectivity index (χ1v) is 7.18. The van der Waals surface area contributed by atoms with Gasteiger partial charge in [0.25, 0.3) is 5.97 Å². The van der Waals surface area contributed by atoms with Gasteiger partial charge in [0, 0.05) is 5.88 Å². The Morgan fingerprint density at radius 1 is 1.50 bits per heavy atom. The maximum absolute atomic E-state index is 10.8. The summed E-state index contributed by atoms with van der Waals surface area (Å²) in [6, 6.07) is 0. The molecule has 0 heterocycles. The van der Waals surface area contributed by atoms with Crippen LogP contribution < -0.4 is 0 Å². The Morgan fingerprint density at radius 3 is 2.30 bits per heavy atom. The fourth-order valence-electron chi connectivity index (χ4n) is 0.470. The lowest BCUT2D eigenvalue weighted by Crippen LogP contribution is -2.29. The molecule has 0 aliphatic rings. The lowest BCUT2D eigenvalue weighted by atomic mass is 10.5. The molecule has 0 aliphatic carbocycles. The number of halogens is 1. The Balaban J connectivity index is 3.58. The minimum absolute atomic E-state index is 0.172. The number of rotatable bonds is 3. The van der Waals surface area contributed by atoms with E-state index in [1.807, 2.05) is 19.6 Å². The zero-order valence-corrected chi connectivity index (χ0v) is 8.36. The zero-order chi connectivity index (χ0) is 8.20. The molecule has 0 amide bonds. The molecule has 0 aromatic rings. The van der Waals surface area contributed by atoms with Gasteiger partial charge in [-0.25, -0.2) is 0 Å². The largest absolute Gasteiger partial charge is 0.520 e. The number of carbonyl (C=O) groups is 1. The van der Waals surface area contributed by atoms with Crippen LogP contribution in [0.15, 0.2) is 0 Å². The van der Waals surface area contributed by atoms with Gasteiger partial charge in [0.05, 0.1) is 6.42 Å². The first-order chi connectivity index (χ1) is 4.45. The third-order valence-electron chi connectivity index (χ3n) is 0.719. The minimum atomic E-state index is -1.67. The van der Waals surface area contributed by atoms with Crippen molar-refractivity contribution < 1.29 is 9.22 Å². The molecule has 0 spiro atoms. The van der Waals surface area contributed by atoms with Gasteiger partial charge in [-0.1, -0.05) is 0 Å². The van der Waals surface area contributed by atoms with Crippen molar-refractivity contribution in [3.8, 4) is 0 Å². The van der Waals surface area contributed by atoms with Crippen LogP contribution in [0.2, 0.25) is 19.6 Å². The average Bonchev–Trinajstić information content (AvgIpc) is 1.59. The lowest BCUT2D eigenvalue weighted by Gasteiger charge is -2.16. The summed E-state index contributed by atoms with van der Waals surface area (Å²) < 4.78 is 5.09. The normalized spacial score (nSPS) is 11.2. The molecule has 0 atom stereocenters. The molecule has 0 aromatic heterocycles. The van der Waals surface area contributed by atoms with Gasteiger partial charge < -0.3 is 4.43 Å². The first kappa shape index (κ1) is 9.98. The van der Waals surface area contributed by atoms with E-state index < -0.39 is 8.32 Å². The number of hydrogen-bond donors (Lipinski definition) is 0. The van der Waals surface area contributed by atoms with E-state index in [-0.39, 0.29) is 5.97 Å². The Bertz CT molecular complexity index is 119. The van der Waals surface area contributed by atoms with E-state index in [9.17, 15) is 4.79 Å². The second-order valence-electron chi connectivity index (χ2n) is 3.03. The molecule has 0 N–H and O–H groups in total. The molecule has 60 valence electrons. The summed E-state index contributed by atoms with van der Waals surface area (Å²) >= 11 is 5.34. The van der Waals surface area contributed by atoms with Crippen LogP contribution in [-0.2, 0) is 9.22 Å². The fourth-order valence-corrected chi connectivity index (χ4v) is 1.41. The molecule has 10 heavy (non-hydrogen) atoms. The lowest BCUT2D eigenvalue weighted by molar-refractivity contribution is -0.134. The van der Waals surface area contributed by atoms with Crippen molar-refractivity contribution in [3.63, 3.8) is 0 Å². The van der Waals surface area contributed by atoms with Gasteiger partial charge in [0.1, 0.15) is 0 Å². The third kappa shape index (κ3) is 6.10. The van der Waals surface area contributed by atoms with E-state index in [1.54, 1.807) is 0 Å². The zero-order valence-electron chi connectivity index (χ0n) is 6.61. The van der Waals surface area contributed by atoms with Crippen molar-refractivity contribution in [3.05, 3.63) is 0 Å². The summed E-state index contributed by atoms with van der Waals surface area (Å²) in [5.41, 5.74) is 0. The van der Waals surface area contributed by atoms with Crippen LogP contribution in [0.1, 0.15) is 6.42 Å². The number of hydrogen-bond acceptors (Lipinski definition) is 2. The van der Waals surface area contributed by atoms with Crippen LogP contribution in [-0.4, -0.2) is 20.2 Å². The molecule has 0 fully saturated rings. The quantitative estimate of drug-likeness (QED) is 0.491. The second-order valence-corrected chi connectivity index (χ2v) is 7.83. The highest BCUT2D eigenvalue weighted by Gasteiger charge is 2.18. The van der Waals surface area contributed by atoms with Crippen molar-refractivity contribution in [1.29, 1.82) is 0 Å². The van der Waals surface area contributed by atoms with Gasteiger partial charge >= 0.3 is 0 Å². The molecule has 0 aromatic carbocycles. The Kier molecular flexibility index (Phi) is 3.97. The molecule has 0 rings (SSSR count). The summed E-state index contributed by atoms with van der Waals surface area (Å²) in [5.74, 6) is 0.178. The van der Waals surface area contributed by atoms with Gasteiger partial charge in [0.2, 0.25) is 8.32 Å². The molecule has 0 radical (unpaired) electrons. The molecule has 0 bridgehead atoms. The van der Waals surface area contributed by atoms with Gasteiger partial charge in [-0.15, -0.1) is 11.6 Å². The maximum Gasteiger partial charge on any atom is 0.293 e. The van der Waals surface area contributed by atoms with Gasteiger partial charge in [-0.2, -0.15) is 0 Å². The molecule has 0 aliphatic heterocycles. The monoisotopic (exact) mass is 180 g/mol. The topological polar surface area (TPSA) is 26.3 Å². The van der Waals surface area contributed by atoms with E-state index in [4.69, 9.17) is 16.0 Å². The van der Waals surface area contributed by atoms with Crippen molar-refractivity contribution in [1.82, 2.24) is 0 Å². The Labute approximate surface area is 67.6 Å². The Hall–Kier alpha value is -0.0231. The Morgan fingerprint density at radius 2 is 2.00 bits per heavy atom. The number of alkyl halides is 1. The van der Waals surface area contributed by atoms with E-state index in [1.165, 1.54) is 0 Å². The van der Waals surface area contributed by atoms with Crippen LogP contribution in [0.25, 0.3) is 0 Å². The van der Waals surface area contributed by atoms with E-state index in [2.05, 4.69) is 0 Å². The number of carbonyl (C=O) groups excluding carboxylic acids is 1. The molecule has 0 saturated heterocycles. The van der Waals surface area contributed by atoms with Crippen LogP contribution >= 0.6 is 11.6 Å². The minimum Gasteiger partial charge on any atom is -0.520 e. The highest BCUT2D eigenvalue weighted by Crippen LogP contribution is 2.04. The third-order valence-corrected chi connectivity index (χ3v) is 1.75. The highest BCUT2D eigenvalue weighted by molar-refractivity contribution is 6.71. The molecular weight excluding hydrogens is 168 g/mol. The van der Waals surface area contributed by atoms with Crippen LogP contribution in [0.5, 0.6) is 0 Å². The summed E-state index contributed by atoms with van der Waals surface area (Å²) in [6.07, 6.45) is 0.325. The predicted octanol–water partition coefficient (Wildman–Crippen LogP) is 1.99. The summed E-state index contributed by atoms with van der Waals surface area (Å²) in [7, 11) is -1.67. The smallest absolute Gasteiger partial charge is 0.293 e. The van der Waals surface area contributed by atoms with Crippen LogP contribution in [0.3, 0.4) is 0 Å². The van der Waals surface area contributed by atoms with E-state index >= 15 is 0 Å². The van der Waals surface area contributed by atoms with Crippen molar-refractivity contribution >= 4 is 25.9 Å². The fraction of sp³-hybridized carbons (Fsp3) is 0.833. The summed E-state index contributed by atoms with van der Waals surface area (Å²) in [5, 5.41) is 0. The second kappa shape index (κ2) is 3.98. The van der Waals surface area contributed by atoms with Crippen LogP contribution in [0, 0.1) is 0 Å². The average molecular weight is 181 g/mol. The molecule has 0 unspecified atom stereocenters. The molecule has 4 heteroatoms. The summed E-state index contributed by atoms with van der Waals surface area (Å²) in [4.78, 5) is 10.8. The molecule has 0 saturated carbocycles.